The summed E-state index contributed by atoms with van der Waals surface area (Å²) in [5.41, 5.74) is 8.40. The van der Waals surface area contributed by atoms with Crippen molar-refractivity contribution in [2.75, 3.05) is 20.1 Å². The van der Waals surface area contributed by atoms with Crippen LogP contribution in [0.3, 0.4) is 0 Å². The van der Waals surface area contributed by atoms with Crippen LogP contribution >= 0.6 is 0 Å². The van der Waals surface area contributed by atoms with E-state index in [2.05, 4.69) is 10.6 Å². The van der Waals surface area contributed by atoms with Gasteiger partial charge in [0.05, 0.1) is 6.54 Å². The molecule has 2 unspecified atom stereocenters. The van der Waals surface area contributed by atoms with Gasteiger partial charge in [0, 0.05) is 26.1 Å². The first-order chi connectivity index (χ1) is 14.9. The molecule has 31 heavy (non-hydrogen) atoms. The molecule has 170 valence electrons. The van der Waals surface area contributed by atoms with Crippen molar-refractivity contribution in [1.82, 2.24) is 15.5 Å². The van der Waals surface area contributed by atoms with Gasteiger partial charge in [-0.1, -0.05) is 56.4 Å². The van der Waals surface area contributed by atoms with Crippen LogP contribution in [0.5, 0.6) is 0 Å². The lowest BCUT2D eigenvalue weighted by Crippen LogP contribution is -2.48. The van der Waals surface area contributed by atoms with Gasteiger partial charge in [0.2, 0.25) is 17.7 Å². The summed E-state index contributed by atoms with van der Waals surface area (Å²) in [5, 5.41) is 5.21. The molecule has 0 spiro atoms. The normalized spacial score (nSPS) is 22.7. The second-order valence-electron chi connectivity index (χ2n) is 9.01. The van der Waals surface area contributed by atoms with Gasteiger partial charge < -0.3 is 21.3 Å². The Morgan fingerprint density at radius 1 is 1.13 bits per heavy atom. The molecule has 1 aliphatic heterocycles. The molecule has 0 aromatic heterocycles. The lowest BCUT2D eigenvalue weighted by Gasteiger charge is -2.28. The Morgan fingerprint density at radius 2 is 1.84 bits per heavy atom. The molecule has 1 saturated heterocycles. The molecule has 1 heterocycles. The number of carbonyl (C=O) groups is 3. The van der Waals surface area contributed by atoms with Crippen LogP contribution in [-0.2, 0) is 14.4 Å². The van der Waals surface area contributed by atoms with Gasteiger partial charge in [-0.15, -0.1) is 0 Å². The van der Waals surface area contributed by atoms with Gasteiger partial charge in [-0.05, 0) is 36.3 Å². The minimum atomic E-state index is -0.534. The van der Waals surface area contributed by atoms with E-state index in [1.807, 2.05) is 31.2 Å². The van der Waals surface area contributed by atoms with Crippen molar-refractivity contribution in [2.24, 2.45) is 17.6 Å². The molecule has 0 bridgehead atoms. The largest absolute Gasteiger partial charge is 0.358 e. The highest BCUT2D eigenvalue weighted by Gasteiger charge is 2.42. The molecule has 2 aliphatic rings. The third-order valence-electron chi connectivity index (χ3n) is 6.96. The van der Waals surface area contributed by atoms with Gasteiger partial charge in [0.25, 0.3) is 0 Å². The van der Waals surface area contributed by atoms with E-state index in [1.54, 1.807) is 4.90 Å². The lowest BCUT2D eigenvalue weighted by atomic mass is 9.79. The third-order valence-corrected chi connectivity index (χ3v) is 6.96. The topological polar surface area (TPSA) is 105 Å². The van der Waals surface area contributed by atoms with Crippen molar-refractivity contribution in [3.05, 3.63) is 35.4 Å². The predicted octanol–water partition coefficient (Wildman–Crippen LogP) is 2.04. The highest BCUT2D eigenvalue weighted by Crippen LogP contribution is 2.38. The second-order valence-corrected chi connectivity index (χ2v) is 9.01. The van der Waals surface area contributed by atoms with Crippen LogP contribution in [0.4, 0.5) is 0 Å². The Balaban J connectivity index is 1.71. The number of benzene rings is 1. The summed E-state index contributed by atoms with van der Waals surface area (Å²) in [5.74, 6) is 0.295. The van der Waals surface area contributed by atoms with Gasteiger partial charge in [-0.3, -0.25) is 14.4 Å². The minimum absolute atomic E-state index is 0.0787. The van der Waals surface area contributed by atoms with E-state index in [4.69, 9.17) is 5.73 Å². The van der Waals surface area contributed by atoms with Crippen LogP contribution < -0.4 is 16.4 Å². The zero-order valence-corrected chi connectivity index (χ0v) is 18.7. The number of nitrogens with two attached hydrogens (primary N) is 1. The summed E-state index contributed by atoms with van der Waals surface area (Å²) >= 11 is 0. The molecule has 1 saturated carbocycles. The number of likely N-dealkylation sites (tertiary alicyclic amines) is 1. The van der Waals surface area contributed by atoms with Gasteiger partial charge in [-0.2, -0.15) is 0 Å². The van der Waals surface area contributed by atoms with Crippen LogP contribution in [0, 0.1) is 18.8 Å². The fourth-order valence-electron chi connectivity index (χ4n) is 5.13. The van der Waals surface area contributed by atoms with E-state index >= 15 is 0 Å². The van der Waals surface area contributed by atoms with Gasteiger partial charge in [0.15, 0.2) is 0 Å². The second kappa shape index (κ2) is 10.8. The average molecular weight is 429 g/mol. The van der Waals surface area contributed by atoms with Crippen molar-refractivity contribution >= 4 is 17.7 Å². The highest BCUT2D eigenvalue weighted by molar-refractivity contribution is 5.91. The number of amides is 3. The molecule has 1 aromatic rings. The monoisotopic (exact) mass is 428 g/mol. The maximum atomic E-state index is 13.3. The van der Waals surface area contributed by atoms with Gasteiger partial charge in [-0.25, -0.2) is 0 Å². The standard InChI is InChI=1S/C24H36N4O3/c1-16-8-6-7-11-19(16)20(25)13-23(30)28-15-18(17-9-4-3-5-10-17)12-21(28)24(31)27-14-22(29)26-2/h6-8,11,17-18,20-21H,3-5,9-10,12-15,25H2,1-2H3,(H,26,29)(H,27,31)/t18?,20?,21-/m0/s1. The zero-order chi connectivity index (χ0) is 22.4. The Morgan fingerprint density at radius 3 is 2.52 bits per heavy atom. The maximum Gasteiger partial charge on any atom is 0.243 e. The van der Waals surface area contributed by atoms with Crippen molar-refractivity contribution in [1.29, 1.82) is 0 Å². The first kappa shape index (κ1) is 23.3. The number of carbonyl (C=O) groups excluding carboxylic acids is 3. The van der Waals surface area contributed by atoms with Gasteiger partial charge >= 0.3 is 0 Å². The molecule has 1 aromatic carbocycles. The molecule has 3 amide bonds. The van der Waals surface area contributed by atoms with Crippen LogP contribution in [-0.4, -0.2) is 48.8 Å². The zero-order valence-electron chi connectivity index (χ0n) is 18.7. The first-order valence-electron chi connectivity index (χ1n) is 11.5. The van der Waals surface area contributed by atoms with E-state index in [0.717, 1.165) is 11.1 Å². The molecule has 2 fully saturated rings. The SMILES string of the molecule is CNC(=O)CNC(=O)[C@@H]1CC(C2CCCCC2)CN1C(=O)CC(N)c1ccccc1C. The summed E-state index contributed by atoms with van der Waals surface area (Å²) < 4.78 is 0. The van der Waals surface area contributed by atoms with Crippen molar-refractivity contribution in [3.63, 3.8) is 0 Å². The Hall–Kier alpha value is -2.41. The summed E-state index contributed by atoms with van der Waals surface area (Å²) in [7, 11) is 1.53. The number of nitrogens with zero attached hydrogens (tertiary/aromatic N) is 1. The average Bonchev–Trinajstić information content (AvgIpc) is 3.24. The van der Waals surface area contributed by atoms with Crippen molar-refractivity contribution in [3.8, 4) is 0 Å². The predicted molar refractivity (Wildman–Crippen MR) is 120 cm³/mol. The minimum Gasteiger partial charge on any atom is -0.358 e. The Labute approximate surface area is 185 Å². The summed E-state index contributed by atoms with van der Waals surface area (Å²) in [4.78, 5) is 39.5. The van der Waals surface area contributed by atoms with E-state index in [-0.39, 0.29) is 30.7 Å². The van der Waals surface area contributed by atoms with Crippen LogP contribution in [0.2, 0.25) is 0 Å². The van der Waals surface area contributed by atoms with Crippen molar-refractivity contribution in [2.45, 2.75) is 64.0 Å². The molecule has 7 nitrogen and oxygen atoms in total. The first-order valence-corrected chi connectivity index (χ1v) is 11.5. The molecular weight excluding hydrogens is 392 g/mol. The fourth-order valence-corrected chi connectivity index (χ4v) is 5.13. The van der Waals surface area contributed by atoms with Crippen LogP contribution in [0.1, 0.15) is 62.1 Å². The molecule has 3 rings (SSSR count). The van der Waals surface area contributed by atoms with Crippen LogP contribution in [0.25, 0.3) is 0 Å². The van der Waals surface area contributed by atoms with E-state index in [0.29, 0.717) is 24.8 Å². The number of nitrogens with one attached hydrogen (secondary N) is 2. The number of hydrogen-bond acceptors (Lipinski definition) is 4. The molecular formula is C24H36N4O3. The molecule has 1 aliphatic carbocycles. The molecule has 0 radical (unpaired) electrons. The number of hydrogen-bond donors (Lipinski definition) is 3. The number of aryl methyl sites for hydroxylation is 1. The summed E-state index contributed by atoms with van der Waals surface area (Å²) in [6, 6.07) is 6.89. The molecule has 3 atom stereocenters. The Kier molecular flexibility index (Phi) is 8.07. The molecule has 7 heteroatoms. The summed E-state index contributed by atoms with van der Waals surface area (Å²) in [6.45, 7) is 2.51. The third kappa shape index (κ3) is 5.85. The fraction of sp³-hybridized carbons (Fsp3) is 0.625. The summed E-state index contributed by atoms with van der Waals surface area (Å²) in [6.07, 6.45) is 6.88. The maximum absolute atomic E-state index is 13.3. The Bertz CT molecular complexity index is 791. The smallest absolute Gasteiger partial charge is 0.243 e. The lowest BCUT2D eigenvalue weighted by molar-refractivity contribution is -0.139. The van der Waals surface area contributed by atoms with E-state index in [1.165, 1.54) is 39.2 Å². The molecule has 4 N–H and O–H groups in total. The number of rotatable bonds is 7. The highest BCUT2D eigenvalue weighted by atomic mass is 16.2. The van der Waals surface area contributed by atoms with Crippen LogP contribution in [0.15, 0.2) is 24.3 Å². The number of likely N-dealkylation sites (N-methyl/N-ethyl adjacent to an activating group) is 1. The van der Waals surface area contributed by atoms with E-state index < -0.39 is 12.1 Å². The van der Waals surface area contributed by atoms with E-state index in [9.17, 15) is 14.4 Å². The van der Waals surface area contributed by atoms with Gasteiger partial charge in [0.1, 0.15) is 6.04 Å². The van der Waals surface area contributed by atoms with Crippen molar-refractivity contribution < 1.29 is 14.4 Å². The quantitative estimate of drug-likeness (QED) is 0.618.